The van der Waals surface area contributed by atoms with Crippen LogP contribution in [0.4, 0.5) is 0 Å². The molecule has 2 aliphatic heterocycles. The predicted molar refractivity (Wildman–Crippen MR) is 141 cm³/mol. The Morgan fingerprint density at radius 3 is 2.57 bits per heavy atom. The number of nitrogens with zero attached hydrogens (tertiary/aromatic N) is 1. The van der Waals surface area contributed by atoms with Crippen LogP contribution in [0.5, 0.6) is 0 Å². The van der Waals surface area contributed by atoms with Gasteiger partial charge in [-0.15, -0.1) is 0 Å². The molecule has 7 heteroatoms. The number of esters is 1. The normalized spacial score (nSPS) is 27.1. The zero-order valence-corrected chi connectivity index (χ0v) is 21.9. The van der Waals surface area contributed by atoms with Crippen LogP contribution in [0.3, 0.4) is 0 Å². The topological polar surface area (TPSA) is 95.9 Å². The summed E-state index contributed by atoms with van der Waals surface area (Å²) in [5.41, 5.74) is 0.555. The summed E-state index contributed by atoms with van der Waals surface area (Å²) in [5, 5.41) is 12.9. The molecule has 1 spiro atoms. The highest BCUT2D eigenvalue weighted by Crippen LogP contribution is 2.32. The maximum absolute atomic E-state index is 13.5. The molecule has 2 fully saturated rings. The Bertz CT molecular complexity index is 941. The number of cyclic esters (lactones) is 1. The van der Waals surface area contributed by atoms with Crippen LogP contribution in [-0.4, -0.2) is 59.1 Å². The minimum absolute atomic E-state index is 0.0394. The number of carbonyl (C=O) groups is 3. The third kappa shape index (κ3) is 7.44. The lowest BCUT2D eigenvalue weighted by molar-refractivity contribution is -0.152. The quantitative estimate of drug-likeness (QED) is 0.462. The number of ether oxygens (including phenoxy) is 1. The molecule has 1 saturated heterocycles. The second-order valence-corrected chi connectivity index (χ2v) is 11.1. The summed E-state index contributed by atoms with van der Waals surface area (Å²) in [4.78, 5) is 41.6. The molecule has 2 amide bonds. The number of likely N-dealkylation sites (tertiary alicyclic amines) is 1. The fourth-order valence-electron chi connectivity index (χ4n) is 6.07. The van der Waals surface area contributed by atoms with Crippen molar-refractivity contribution in [2.75, 3.05) is 19.8 Å². The van der Waals surface area contributed by atoms with Crippen LogP contribution < -0.4 is 5.32 Å². The van der Waals surface area contributed by atoms with E-state index in [9.17, 15) is 19.5 Å². The van der Waals surface area contributed by atoms with Crippen molar-refractivity contribution in [3.8, 4) is 0 Å². The van der Waals surface area contributed by atoms with Gasteiger partial charge >= 0.3 is 5.97 Å². The lowest BCUT2D eigenvalue weighted by Gasteiger charge is -2.33. The van der Waals surface area contributed by atoms with Crippen LogP contribution in [0, 0.1) is 11.8 Å². The second kappa shape index (κ2) is 13.2. The molecule has 37 heavy (non-hydrogen) atoms. The van der Waals surface area contributed by atoms with Crippen molar-refractivity contribution in [3.05, 3.63) is 48.0 Å². The van der Waals surface area contributed by atoms with Gasteiger partial charge < -0.3 is 20.1 Å². The molecule has 1 aliphatic carbocycles. The minimum atomic E-state index is -0.569. The smallest absolute Gasteiger partial charge is 0.309 e. The predicted octanol–water partition coefficient (Wildman–Crippen LogP) is 3.94. The van der Waals surface area contributed by atoms with Crippen LogP contribution in [0.25, 0.3) is 0 Å². The Hall–Kier alpha value is -2.67. The van der Waals surface area contributed by atoms with Crippen molar-refractivity contribution >= 4 is 17.8 Å². The first-order chi connectivity index (χ1) is 18.0. The highest BCUT2D eigenvalue weighted by molar-refractivity contribution is 5.86. The molecular formula is C30H42N2O5. The monoisotopic (exact) mass is 510 g/mol. The Kier molecular flexibility index (Phi) is 9.78. The van der Waals surface area contributed by atoms with E-state index in [-0.39, 0.29) is 49.4 Å². The number of allylic oxidation sites excluding steroid dienone is 2. The van der Waals surface area contributed by atoms with E-state index < -0.39 is 11.5 Å². The largest absolute Gasteiger partial charge is 0.463 e. The summed E-state index contributed by atoms with van der Waals surface area (Å²) in [5.74, 6) is -1.10. The fraction of sp³-hybridized carbons (Fsp3) is 0.633. The number of aliphatic hydroxyl groups excluding tert-OH is 1. The van der Waals surface area contributed by atoms with Gasteiger partial charge in [0.05, 0.1) is 30.0 Å². The average Bonchev–Trinajstić information content (AvgIpc) is 3.58. The first-order valence-corrected chi connectivity index (χ1v) is 14.1. The van der Waals surface area contributed by atoms with E-state index in [1.807, 2.05) is 36.4 Å². The average molecular weight is 511 g/mol. The molecule has 3 atom stereocenters. The van der Waals surface area contributed by atoms with Crippen molar-refractivity contribution in [1.29, 1.82) is 0 Å². The van der Waals surface area contributed by atoms with Crippen molar-refractivity contribution < 1.29 is 24.2 Å². The maximum atomic E-state index is 13.5. The van der Waals surface area contributed by atoms with Crippen molar-refractivity contribution in [3.63, 3.8) is 0 Å². The van der Waals surface area contributed by atoms with E-state index in [1.165, 1.54) is 0 Å². The number of amides is 2. The molecule has 3 unspecified atom stereocenters. The highest BCUT2D eigenvalue weighted by atomic mass is 16.5. The Morgan fingerprint density at radius 1 is 1.03 bits per heavy atom. The number of benzene rings is 1. The number of hydrogen-bond donors (Lipinski definition) is 2. The van der Waals surface area contributed by atoms with Gasteiger partial charge in [-0.1, -0.05) is 55.3 Å². The third-order valence-corrected chi connectivity index (χ3v) is 8.31. The summed E-state index contributed by atoms with van der Waals surface area (Å²) >= 11 is 0. The molecule has 1 aromatic rings. The van der Waals surface area contributed by atoms with Crippen LogP contribution in [0.1, 0.15) is 76.2 Å². The number of hydrogen-bond acceptors (Lipinski definition) is 5. The van der Waals surface area contributed by atoms with Gasteiger partial charge in [0.1, 0.15) is 6.61 Å². The summed E-state index contributed by atoms with van der Waals surface area (Å²) in [6.07, 6.45) is 12.9. The molecule has 4 rings (SSSR count). The SMILES string of the molecule is O=C1NC2(CCCC2)COC(=O)C(Cc2ccccc2)CCCC=CCC1CC(=O)N1CCCC1CO. The summed E-state index contributed by atoms with van der Waals surface area (Å²) in [6.45, 7) is 0.776. The van der Waals surface area contributed by atoms with Gasteiger partial charge in [0, 0.05) is 13.0 Å². The molecule has 0 radical (unpaired) electrons. The number of carbonyl (C=O) groups excluding carboxylic acids is 3. The van der Waals surface area contributed by atoms with E-state index in [1.54, 1.807) is 4.90 Å². The zero-order chi connectivity index (χ0) is 26.1. The molecule has 0 aromatic heterocycles. The van der Waals surface area contributed by atoms with Crippen molar-refractivity contribution in [1.82, 2.24) is 10.2 Å². The molecular weight excluding hydrogens is 468 g/mol. The van der Waals surface area contributed by atoms with E-state index >= 15 is 0 Å². The van der Waals surface area contributed by atoms with Gasteiger partial charge in [0.2, 0.25) is 11.8 Å². The van der Waals surface area contributed by atoms with E-state index in [0.717, 1.165) is 63.4 Å². The molecule has 202 valence electrons. The fourth-order valence-corrected chi connectivity index (χ4v) is 6.07. The van der Waals surface area contributed by atoms with Gasteiger partial charge in [-0.05, 0) is 63.4 Å². The van der Waals surface area contributed by atoms with Crippen LogP contribution in [-0.2, 0) is 25.5 Å². The number of rotatable bonds is 5. The lowest BCUT2D eigenvalue weighted by Crippen LogP contribution is -2.53. The zero-order valence-electron chi connectivity index (χ0n) is 21.9. The van der Waals surface area contributed by atoms with Gasteiger partial charge in [0.15, 0.2) is 0 Å². The molecule has 2 N–H and O–H groups in total. The van der Waals surface area contributed by atoms with Gasteiger partial charge in [0.25, 0.3) is 0 Å². The molecule has 1 aromatic carbocycles. The summed E-state index contributed by atoms with van der Waals surface area (Å²) in [7, 11) is 0. The third-order valence-electron chi connectivity index (χ3n) is 8.31. The molecule has 2 heterocycles. The maximum Gasteiger partial charge on any atom is 0.309 e. The van der Waals surface area contributed by atoms with Crippen LogP contribution in [0.15, 0.2) is 42.5 Å². The molecule has 7 nitrogen and oxygen atoms in total. The minimum Gasteiger partial charge on any atom is -0.463 e. The van der Waals surface area contributed by atoms with Gasteiger partial charge in [-0.3, -0.25) is 14.4 Å². The second-order valence-electron chi connectivity index (χ2n) is 11.1. The van der Waals surface area contributed by atoms with Crippen molar-refractivity contribution in [2.45, 2.75) is 88.6 Å². The van der Waals surface area contributed by atoms with Crippen LogP contribution in [0.2, 0.25) is 0 Å². The Morgan fingerprint density at radius 2 is 1.81 bits per heavy atom. The first kappa shape index (κ1) is 27.4. The Balaban J connectivity index is 1.48. The van der Waals surface area contributed by atoms with E-state index in [2.05, 4.69) is 11.4 Å². The van der Waals surface area contributed by atoms with Gasteiger partial charge in [-0.25, -0.2) is 0 Å². The van der Waals surface area contributed by atoms with Gasteiger partial charge in [-0.2, -0.15) is 0 Å². The first-order valence-electron chi connectivity index (χ1n) is 14.1. The van der Waals surface area contributed by atoms with Crippen LogP contribution >= 0.6 is 0 Å². The standard InChI is InChI=1S/C30H42N2O5/c33-21-26-15-10-18-32(26)27(34)20-24-13-6-1-2-7-14-25(19-23-11-4-3-5-12-23)29(36)37-22-30(31-28(24)35)16-8-9-17-30/h1,3-6,11-12,24-26,33H,2,7-10,13-22H2,(H,31,35). The Labute approximate surface area is 220 Å². The molecule has 3 aliphatic rings. The highest BCUT2D eigenvalue weighted by Gasteiger charge is 2.40. The van der Waals surface area contributed by atoms with E-state index in [0.29, 0.717) is 19.4 Å². The molecule has 1 saturated carbocycles. The number of aliphatic hydroxyl groups is 1. The van der Waals surface area contributed by atoms with E-state index in [4.69, 9.17) is 4.74 Å². The lowest BCUT2D eigenvalue weighted by atomic mass is 9.92. The molecule has 0 bridgehead atoms. The number of nitrogens with one attached hydrogen (secondary N) is 1. The summed E-state index contributed by atoms with van der Waals surface area (Å²) < 4.78 is 5.91. The summed E-state index contributed by atoms with van der Waals surface area (Å²) in [6, 6.07) is 9.90. The van der Waals surface area contributed by atoms with Crippen molar-refractivity contribution in [2.24, 2.45) is 11.8 Å².